The Kier molecular flexibility index (Phi) is 5.72. The first-order valence-electron chi connectivity index (χ1n) is 9.09. The Morgan fingerprint density at radius 1 is 0.778 bits per heavy atom. The Hall–Kier alpha value is -2.91. The van der Waals surface area contributed by atoms with Gasteiger partial charge < -0.3 is 9.94 Å². The molecule has 3 rings (SSSR count). The molecule has 0 saturated heterocycles. The van der Waals surface area contributed by atoms with Crippen LogP contribution in [0.25, 0.3) is 0 Å². The smallest absolute Gasteiger partial charge is 0.157 e. The van der Waals surface area contributed by atoms with Gasteiger partial charge in [0.1, 0.15) is 11.8 Å². The fraction of sp³-hybridized carbons (Fsp3) is 0.208. The minimum atomic E-state index is -0.880. The Labute approximate surface area is 160 Å². The maximum Gasteiger partial charge on any atom is 0.157 e. The molecule has 0 heterocycles. The van der Waals surface area contributed by atoms with E-state index in [0.717, 1.165) is 33.4 Å². The molecule has 27 heavy (non-hydrogen) atoms. The maximum atomic E-state index is 11.2. The molecule has 0 amide bonds. The number of benzene rings is 3. The van der Waals surface area contributed by atoms with Crippen LogP contribution in [0.15, 0.2) is 71.9 Å². The fourth-order valence-electron chi connectivity index (χ4n) is 3.08. The van der Waals surface area contributed by atoms with Crippen molar-refractivity contribution in [3.63, 3.8) is 0 Å². The largest absolute Gasteiger partial charge is 0.382 e. The van der Waals surface area contributed by atoms with E-state index < -0.39 is 6.10 Å². The van der Waals surface area contributed by atoms with Gasteiger partial charge in [0.05, 0.1) is 0 Å². The average molecular weight is 359 g/mol. The molecule has 3 aromatic carbocycles. The lowest BCUT2D eigenvalue weighted by molar-refractivity contribution is 0.238. The summed E-state index contributed by atoms with van der Waals surface area (Å²) in [4.78, 5) is 5.66. The number of hydrogen-bond donors (Lipinski definition) is 1. The van der Waals surface area contributed by atoms with Gasteiger partial charge in [0.25, 0.3) is 0 Å². The van der Waals surface area contributed by atoms with Crippen molar-refractivity contribution in [1.29, 1.82) is 0 Å². The van der Waals surface area contributed by atoms with E-state index in [1.807, 2.05) is 81.4 Å². The molecule has 0 bridgehead atoms. The van der Waals surface area contributed by atoms with Crippen molar-refractivity contribution in [2.75, 3.05) is 0 Å². The zero-order valence-electron chi connectivity index (χ0n) is 16.2. The standard InChI is InChI=1S/C24H25NO2/c1-16-10-8-14-21(18(16)3)23(25-27-20-12-6-5-7-13-20)24(26)22-15-9-11-17(2)19(22)4/h5-15,24,26H,1-4H3. The Bertz CT molecular complexity index is 961. The van der Waals surface area contributed by atoms with E-state index in [-0.39, 0.29) is 0 Å². The van der Waals surface area contributed by atoms with Crippen molar-refractivity contribution < 1.29 is 9.94 Å². The van der Waals surface area contributed by atoms with Crippen LogP contribution in [0.1, 0.15) is 39.5 Å². The molecule has 0 fully saturated rings. The van der Waals surface area contributed by atoms with Gasteiger partial charge in [-0.05, 0) is 67.6 Å². The Morgan fingerprint density at radius 3 is 2.11 bits per heavy atom. The lowest BCUT2D eigenvalue weighted by atomic mass is 9.91. The van der Waals surface area contributed by atoms with Crippen molar-refractivity contribution in [2.24, 2.45) is 5.16 Å². The molecule has 0 aliphatic rings. The molecule has 0 aliphatic heterocycles. The van der Waals surface area contributed by atoms with Gasteiger partial charge in [-0.15, -0.1) is 0 Å². The van der Waals surface area contributed by atoms with E-state index in [1.54, 1.807) is 0 Å². The molecule has 0 aliphatic carbocycles. The normalized spacial score (nSPS) is 12.7. The number of nitrogens with zero attached hydrogens (tertiary/aromatic N) is 1. The van der Waals surface area contributed by atoms with Gasteiger partial charge >= 0.3 is 0 Å². The van der Waals surface area contributed by atoms with Gasteiger partial charge in [0.2, 0.25) is 0 Å². The van der Waals surface area contributed by atoms with Crippen LogP contribution in [0.4, 0.5) is 0 Å². The predicted molar refractivity (Wildman–Crippen MR) is 110 cm³/mol. The summed E-state index contributed by atoms with van der Waals surface area (Å²) < 4.78 is 0. The molecule has 138 valence electrons. The second kappa shape index (κ2) is 8.19. The first-order chi connectivity index (χ1) is 13.0. The second-order valence-corrected chi connectivity index (χ2v) is 6.82. The van der Waals surface area contributed by atoms with E-state index in [1.165, 1.54) is 0 Å². The van der Waals surface area contributed by atoms with Crippen molar-refractivity contribution in [2.45, 2.75) is 33.8 Å². The van der Waals surface area contributed by atoms with Crippen molar-refractivity contribution in [1.82, 2.24) is 0 Å². The molecular formula is C24H25NO2. The predicted octanol–water partition coefficient (Wildman–Crippen LogP) is 5.44. The van der Waals surface area contributed by atoms with E-state index in [0.29, 0.717) is 11.5 Å². The summed E-state index contributed by atoms with van der Waals surface area (Å²) in [6, 6.07) is 21.3. The molecule has 0 saturated carbocycles. The number of aryl methyl sites for hydroxylation is 2. The highest BCUT2D eigenvalue weighted by molar-refractivity contribution is 6.05. The van der Waals surface area contributed by atoms with Gasteiger partial charge in [0, 0.05) is 5.56 Å². The summed E-state index contributed by atoms with van der Waals surface area (Å²) in [7, 11) is 0. The summed E-state index contributed by atoms with van der Waals surface area (Å²) in [5, 5.41) is 15.6. The number of oxime groups is 1. The Morgan fingerprint density at radius 2 is 1.41 bits per heavy atom. The highest BCUT2D eigenvalue weighted by Crippen LogP contribution is 2.27. The van der Waals surface area contributed by atoms with Gasteiger partial charge in [-0.2, -0.15) is 0 Å². The SMILES string of the molecule is Cc1cccc(C(=NOc2ccccc2)C(O)c2cccc(C)c2C)c1C. The second-order valence-electron chi connectivity index (χ2n) is 6.82. The number of para-hydroxylation sites is 1. The summed E-state index contributed by atoms with van der Waals surface area (Å²) in [5.74, 6) is 0.633. The van der Waals surface area contributed by atoms with E-state index in [2.05, 4.69) is 18.1 Å². The van der Waals surface area contributed by atoms with Gasteiger partial charge in [-0.1, -0.05) is 59.8 Å². The zero-order valence-corrected chi connectivity index (χ0v) is 16.2. The Balaban J connectivity index is 2.09. The number of aliphatic hydroxyl groups is 1. The van der Waals surface area contributed by atoms with Crippen molar-refractivity contribution in [3.8, 4) is 5.75 Å². The molecular weight excluding hydrogens is 334 g/mol. The molecule has 0 radical (unpaired) electrons. The third-order valence-electron chi connectivity index (χ3n) is 5.07. The van der Waals surface area contributed by atoms with Crippen molar-refractivity contribution >= 4 is 5.71 Å². The van der Waals surface area contributed by atoms with Crippen LogP contribution in [0.3, 0.4) is 0 Å². The lowest BCUT2D eigenvalue weighted by Crippen LogP contribution is -2.18. The molecule has 1 atom stereocenters. The third-order valence-corrected chi connectivity index (χ3v) is 5.07. The summed E-state index contributed by atoms with van der Waals surface area (Å²) in [5.41, 5.74) is 6.66. The van der Waals surface area contributed by atoms with Crippen LogP contribution in [-0.4, -0.2) is 10.8 Å². The fourth-order valence-corrected chi connectivity index (χ4v) is 3.08. The first kappa shape index (κ1) is 18.9. The van der Waals surface area contributed by atoms with Gasteiger partial charge in [-0.25, -0.2) is 0 Å². The van der Waals surface area contributed by atoms with E-state index in [4.69, 9.17) is 4.84 Å². The molecule has 1 unspecified atom stereocenters. The van der Waals surface area contributed by atoms with Crippen molar-refractivity contribution in [3.05, 3.63) is 100 Å². The quantitative estimate of drug-likeness (QED) is 0.487. The summed E-state index contributed by atoms with van der Waals surface area (Å²) in [6.07, 6.45) is -0.880. The molecule has 0 spiro atoms. The minimum absolute atomic E-state index is 0.508. The number of hydrogen-bond acceptors (Lipinski definition) is 3. The monoisotopic (exact) mass is 359 g/mol. The third kappa shape index (κ3) is 4.09. The van der Waals surface area contributed by atoms with Gasteiger partial charge in [-0.3, -0.25) is 0 Å². The van der Waals surface area contributed by atoms with Crippen LogP contribution >= 0.6 is 0 Å². The highest BCUT2D eigenvalue weighted by Gasteiger charge is 2.22. The van der Waals surface area contributed by atoms with Crippen LogP contribution in [0.5, 0.6) is 5.75 Å². The number of aliphatic hydroxyl groups excluding tert-OH is 1. The lowest BCUT2D eigenvalue weighted by Gasteiger charge is -2.19. The minimum Gasteiger partial charge on any atom is -0.382 e. The summed E-state index contributed by atoms with van der Waals surface area (Å²) in [6.45, 7) is 8.16. The maximum absolute atomic E-state index is 11.2. The highest BCUT2D eigenvalue weighted by atomic mass is 16.6. The van der Waals surface area contributed by atoms with E-state index in [9.17, 15) is 5.11 Å². The first-order valence-corrected chi connectivity index (χ1v) is 9.09. The average Bonchev–Trinajstić information content (AvgIpc) is 2.68. The zero-order chi connectivity index (χ0) is 19.4. The molecule has 0 aromatic heterocycles. The van der Waals surface area contributed by atoms with Crippen LogP contribution in [0.2, 0.25) is 0 Å². The van der Waals surface area contributed by atoms with Crippen LogP contribution < -0.4 is 4.84 Å². The van der Waals surface area contributed by atoms with Crippen LogP contribution in [0, 0.1) is 27.7 Å². The molecule has 3 heteroatoms. The van der Waals surface area contributed by atoms with E-state index >= 15 is 0 Å². The topological polar surface area (TPSA) is 41.8 Å². The summed E-state index contributed by atoms with van der Waals surface area (Å²) >= 11 is 0. The molecule has 3 aromatic rings. The van der Waals surface area contributed by atoms with Gasteiger partial charge in [0.15, 0.2) is 5.75 Å². The molecule has 3 nitrogen and oxygen atoms in total. The molecule has 1 N–H and O–H groups in total. The van der Waals surface area contributed by atoms with Crippen LogP contribution in [-0.2, 0) is 0 Å². The number of rotatable bonds is 5.